The molecule has 0 aliphatic rings. The molecular weight excluding hydrogens is 310 g/mol. The molecule has 0 bridgehead atoms. The molecule has 1 rings (SSSR count). The van der Waals surface area contributed by atoms with Crippen molar-refractivity contribution in [1.82, 2.24) is 5.32 Å². The zero-order valence-corrected chi connectivity index (χ0v) is 12.7. The number of hydrogen-bond donors (Lipinski definition) is 1. The number of rotatable bonds is 3. The number of carbonyl (C=O) groups is 2. The van der Waals surface area contributed by atoms with E-state index in [2.05, 4.69) is 21.2 Å². The first kappa shape index (κ1) is 15.4. The van der Waals surface area contributed by atoms with E-state index in [-0.39, 0.29) is 11.4 Å². The Morgan fingerprint density at radius 2 is 1.74 bits per heavy atom. The van der Waals surface area contributed by atoms with E-state index in [0.29, 0.717) is 5.75 Å². The van der Waals surface area contributed by atoms with Crippen molar-refractivity contribution >= 4 is 27.8 Å². The van der Waals surface area contributed by atoms with Crippen LogP contribution in [0.4, 0.5) is 0 Å². The second-order valence-electron chi connectivity index (χ2n) is 4.95. The average Bonchev–Trinajstić information content (AvgIpc) is 2.27. The molecule has 1 aromatic rings. The van der Waals surface area contributed by atoms with Crippen molar-refractivity contribution in [1.29, 1.82) is 0 Å². The van der Waals surface area contributed by atoms with Crippen molar-refractivity contribution in [2.45, 2.75) is 26.3 Å². The standard InChI is InChI=1S/C14H16BrNO3/c1-14(2,3)16-12(17)8-9-13(18)19-11-6-4-10(15)5-7-11/h4-9H,1-3H3,(H,16,17)/b9-8-. The molecule has 0 unspecified atom stereocenters. The highest BCUT2D eigenvalue weighted by Crippen LogP contribution is 2.16. The Hall–Kier alpha value is -1.62. The molecule has 1 aromatic carbocycles. The van der Waals surface area contributed by atoms with Gasteiger partial charge in [-0.3, -0.25) is 4.79 Å². The Labute approximate surface area is 121 Å². The summed E-state index contributed by atoms with van der Waals surface area (Å²) in [5, 5.41) is 2.71. The van der Waals surface area contributed by atoms with Gasteiger partial charge in [0.2, 0.25) is 5.91 Å². The Morgan fingerprint density at radius 1 is 1.16 bits per heavy atom. The molecule has 0 aliphatic heterocycles. The van der Waals surface area contributed by atoms with Crippen LogP contribution in [0.1, 0.15) is 20.8 Å². The van der Waals surface area contributed by atoms with Gasteiger partial charge in [0.05, 0.1) is 0 Å². The molecule has 0 saturated carbocycles. The maximum atomic E-state index is 11.5. The van der Waals surface area contributed by atoms with Gasteiger partial charge in [-0.2, -0.15) is 0 Å². The van der Waals surface area contributed by atoms with Crippen molar-refractivity contribution < 1.29 is 14.3 Å². The Kier molecular flexibility index (Phi) is 5.30. The number of esters is 1. The number of amides is 1. The quantitative estimate of drug-likeness (QED) is 0.528. The predicted molar refractivity (Wildman–Crippen MR) is 76.8 cm³/mol. The van der Waals surface area contributed by atoms with Gasteiger partial charge in [0.1, 0.15) is 5.75 Å². The van der Waals surface area contributed by atoms with Gasteiger partial charge < -0.3 is 10.1 Å². The van der Waals surface area contributed by atoms with Crippen LogP contribution in [-0.2, 0) is 9.59 Å². The van der Waals surface area contributed by atoms with Crippen molar-refractivity contribution in [3.05, 3.63) is 40.9 Å². The smallest absolute Gasteiger partial charge is 0.336 e. The molecule has 0 aromatic heterocycles. The summed E-state index contributed by atoms with van der Waals surface area (Å²) in [5.74, 6) is -0.499. The number of ether oxygens (including phenoxy) is 1. The summed E-state index contributed by atoms with van der Waals surface area (Å²) in [7, 11) is 0. The lowest BCUT2D eigenvalue weighted by molar-refractivity contribution is -0.129. The van der Waals surface area contributed by atoms with Crippen molar-refractivity contribution in [2.24, 2.45) is 0 Å². The number of halogens is 1. The lowest BCUT2D eigenvalue weighted by Crippen LogP contribution is -2.39. The molecule has 0 fully saturated rings. The molecule has 5 heteroatoms. The SMILES string of the molecule is CC(C)(C)NC(=O)/C=C\C(=O)Oc1ccc(Br)cc1. The van der Waals surface area contributed by atoms with Crippen LogP contribution in [0.25, 0.3) is 0 Å². The fourth-order valence-electron chi connectivity index (χ4n) is 1.21. The highest BCUT2D eigenvalue weighted by Gasteiger charge is 2.11. The van der Waals surface area contributed by atoms with Gasteiger partial charge >= 0.3 is 5.97 Å². The zero-order chi connectivity index (χ0) is 14.5. The second kappa shape index (κ2) is 6.52. The van der Waals surface area contributed by atoms with Crippen molar-refractivity contribution in [2.75, 3.05) is 0 Å². The summed E-state index contributed by atoms with van der Waals surface area (Å²) in [4.78, 5) is 22.9. The minimum atomic E-state index is -0.591. The molecule has 0 spiro atoms. The average molecular weight is 326 g/mol. The summed E-state index contributed by atoms with van der Waals surface area (Å²) in [6, 6.07) is 6.84. The normalized spacial score (nSPS) is 11.4. The lowest BCUT2D eigenvalue weighted by Gasteiger charge is -2.18. The fraction of sp³-hybridized carbons (Fsp3) is 0.286. The number of carbonyl (C=O) groups excluding carboxylic acids is 2. The number of hydrogen-bond acceptors (Lipinski definition) is 3. The van der Waals surface area contributed by atoms with Gasteiger partial charge in [0.15, 0.2) is 0 Å². The molecular formula is C14H16BrNO3. The minimum Gasteiger partial charge on any atom is -0.423 e. The van der Waals surface area contributed by atoms with Crippen LogP contribution >= 0.6 is 15.9 Å². The van der Waals surface area contributed by atoms with Crippen LogP contribution in [0.5, 0.6) is 5.75 Å². The third-order valence-corrected chi connectivity index (χ3v) is 2.43. The molecule has 0 saturated heterocycles. The Balaban J connectivity index is 2.51. The van der Waals surface area contributed by atoms with Crippen molar-refractivity contribution in [3.63, 3.8) is 0 Å². The van der Waals surface area contributed by atoms with E-state index in [4.69, 9.17) is 4.74 Å². The van der Waals surface area contributed by atoms with Gasteiger partial charge in [-0.1, -0.05) is 15.9 Å². The second-order valence-corrected chi connectivity index (χ2v) is 5.86. The Morgan fingerprint density at radius 3 is 2.26 bits per heavy atom. The van der Waals surface area contributed by atoms with Gasteiger partial charge in [-0.05, 0) is 45.0 Å². The highest BCUT2D eigenvalue weighted by molar-refractivity contribution is 9.10. The maximum Gasteiger partial charge on any atom is 0.336 e. The van der Waals surface area contributed by atoms with E-state index >= 15 is 0 Å². The third-order valence-electron chi connectivity index (χ3n) is 1.90. The monoisotopic (exact) mass is 325 g/mol. The first-order valence-corrected chi connectivity index (χ1v) is 6.53. The number of nitrogens with one attached hydrogen (secondary N) is 1. The summed E-state index contributed by atoms with van der Waals surface area (Å²) >= 11 is 3.28. The van der Waals surface area contributed by atoms with Gasteiger partial charge in [-0.25, -0.2) is 4.79 Å². The molecule has 1 amide bonds. The van der Waals surface area contributed by atoms with Gasteiger partial charge in [0.25, 0.3) is 0 Å². The zero-order valence-electron chi connectivity index (χ0n) is 11.1. The summed E-state index contributed by atoms with van der Waals surface area (Å²) in [6.45, 7) is 5.58. The molecule has 0 atom stereocenters. The molecule has 0 heterocycles. The van der Waals surface area contributed by atoms with Crippen LogP contribution in [0.2, 0.25) is 0 Å². The van der Waals surface area contributed by atoms with Crippen molar-refractivity contribution in [3.8, 4) is 5.75 Å². The van der Waals surface area contributed by atoms with Crippen LogP contribution in [0.3, 0.4) is 0 Å². The first-order valence-electron chi connectivity index (χ1n) is 5.74. The van der Waals surface area contributed by atoms with Gasteiger partial charge in [0, 0.05) is 22.2 Å². The van der Waals surface area contributed by atoms with E-state index in [1.807, 2.05) is 20.8 Å². The third kappa shape index (κ3) is 6.76. The lowest BCUT2D eigenvalue weighted by atomic mass is 10.1. The van der Waals surface area contributed by atoms with E-state index < -0.39 is 5.97 Å². The molecule has 4 nitrogen and oxygen atoms in total. The largest absolute Gasteiger partial charge is 0.423 e. The Bertz CT molecular complexity index is 486. The van der Waals surface area contributed by atoms with E-state index in [1.165, 1.54) is 0 Å². The van der Waals surface area contributed by atoms with Crippen LogP contribution < -0.4 is 10.1 Å². The van der Waals surface area contributed by atoms with E-state index in [9.17, 15) is 9.59 Å². The maximum absolute atomic E-state index is 11.5. The number of benzene rings is 1. The first-order chi connectivity index (χ1) is 8.76. The van der Waals surface area contributed by atoms with Crippen LogP contribution in [0.15, 0.2) is 40.9 Å². The predicted octanol–water partition coefficient (Wildman–Crippen LogP) is 2.83. The minimum absolute atomic E-state index is 0.333. The van der Waals surface area contributed by atoms with Crippen LogP contribution in [-0.4, -0.2) is 17.4 Å². The topological polar surface area (TPSA) is 55.4 Å². The fourth-order valence-corrected chi connectivity index (χ4v) is 1.47. The molecule has 1 N–H and O–H groups in total. The summed E-state index contributed by atoms with van der Waals surface area (Å²) in [5.41, 5.74) is -0.336. The highest BCUT2D eigenvalue weighted by atomic mass is 79.9. The summed E-state index contributed by atoms with van der Waals surface area (Å²) in [6.07, 6.45) is 2.26. The van der Waals surface area contributed by atoms with E-state index in [0.717, 1.165) is 16.6 Å². The molecule has 0 aliphatic carbocycles. The van der Waals surface area contributed by atoms with Gasteiger partial charge in [-0.15, -0.1) is 0 Å². The molecule has 0 radical (unpaired) electrons. The summed E-state index contributed by atoms with van der Waals surface area (Å²) < 4.78 is 5.92. The molecule has 19 heavy (non-hydrogen) atoms. The molecule has 102 valence electrons. The van der Waals surface area contributed by atoms with E-state index in [1.54, 1.807) is 24.3 Å². The van der Waals surface area contributed by atoms with Crippen LogP contribution in [0, 0.1) is 0 Å².